The van der Waals surface area contributed by atoms with Gasteiger partial charge in [-0.05, 0) is 28.1 Å². The van der Waals surface area contributed by atoms with Gasteiger partial charge in [0, 0.05) is 11.4 Å². The zero-order chi connectivity index (χ0) is 10.0. The first-order valence-corrected chi connectivity index (χ1v) is 4.32. The second-order valence-corrected chi connectivity index (χ2v) is 3.39. The molecule has 0 aliphatic heterocycles. The number of benzene rings is 1. The molecule has 1 aromatic rings. The predicted octanol–water partition coefficient (Wildman–Crippen LogP) is 2.13. The molecule has 1 aromatic carbocycles. The normalized spacial score (nSPS) is 9.77. The van der Waals surface area contributed by atoms with Gasteiger partial charge in [0.05, 0.1) is 11.4 Å². The molecule has 0 saturated carbocycles. The fourth-order valence-corrected chi connectivity index (χ4v) is 1.45. The van der Waals surface area contributed by atoms with E-state index >= 15 is 0 Å². The average Bonchev–Trinajstić information content (AvgIpc) is 1.96. The topological polar surface area (TPSA) is 55.1 Å². The summed E-state index contributed by atoms with van der Waals surface area (Å²) in [4.78, 5) is 10.7. The number of rotatable bonds is 1. The Kier molecular flexibility index (Phi) is 2.87. The number of amides is 1. The third-order valence-corrected chi connectivity index (χ3v) is 2.01. The number of carbonyl (C=O) groups is 1. The van der Waals surface area contributed by atoms with Crippen LogP contribution in [0, 0.1) is 5.82 Å². The smallest absolute Gasteiger partial charge is 0.221 e. The average molecular weight is 247 g/mol. The lowest BCUT2D eigenvalue weighted by Crippen LogP contribution is -2.08. The van der Waals surface area contributed by atoms with Crippen LogP contribution < -0.4 is 11.1 Å². The van der Waals surface area contributed by atoms with Crippen molar-refractivity contribution >= 4 is 33.2 Å². The largest absolute Gasteiger partial charge is 0.397 e. The Morgan fingerprint density at radius 3 is 2.69 bits per heavy atom. The monoisotopic (exact) mass is 246 g/mol. The van der Waals surface area contributed by atoms with Crippen molar-refractivity contribution in [3.63, 3.8) is 0 Å². The first-order chi connectivity index (χ1) is 6.00. The Balaban J connectivity index is 3.13. The quantitative estimate of drug-likeness (QED) is 0.747. The summed E-state index contributed by atoms with van der Waals surface area (Å²) in [6, 6.07) is 2.39. The van der Waals surface area contributed by atoms with Crippen molar-refractivity contribution in [3.05, 3.63) is 22.4 Å². The molecular formula is C8H8BrFN2O. The molecule has 13 heavy (non-hydrogen) atoms. The summed E-state index contributed by atoms with van der Waals surface area (Å²) in [6.45, 7) is 1.36. The van der Waals surface area contributed by atoms with Crippen molar-refractivity contribution in [2.45, 2.75) is 6.92 Å². The van der Waals surface area contributed by atoms with Crippen molar-refractivity contribution < 1.29 is 9.18 Å². The van der Waals surface area contributed by atoms with Crippen LogP contribution in [0.25, 0.3) is 0 Å². The number of anilines is 2. The number of hydrogen-bond acceptors (Lipinski definition) is 2. The van der Waals surface area contributed by atoms with Gasteiger partial charge in [0.1, 0.15) is 5.82 Å². The number of hydrogen-bond donors (Lipinski definition) is 2. The Labute approximate surface area is 83.2 Å². The Morgan fingerprint density at radius 1 is 1.62 bits per heavy atom. The Hall–Kier alpha value is -1.10. The third-order valence-electron chi connectivity index (χ3n) is 1.39. The lowest BCUT2D eigenvalue weighted by atomic mass is 10.2. The lowest BCUT2D eigenvalue weighted by Gasteiger charge is -2.08. The van der Waals surface area contributed by atoms with E-state index in [1.54, 1.807) is 0 Å². The van der Waals surface area contributed by atoms with Crippen molar-refractivity contribution in [2.24, 2.45) is 0 Å². The first kappa shape index (κ1) is 9.98. The van der Waals surface area contributed by atoms with E-state index < -0.39 is 5.82 Å². The van der Waals surface area contributed by atoms with Crippen LogP contribution >= 0.6 is 15.9 Å². The molecule has 0 saturated heterocycles. The fourth-order valence-electron chi connectivity index (χ4n) is 0.901. The molecule has 0 aromatic heterocycles. The van der Waals surface area contributed by atoms with E-state index in [4.69, 9.17) is 5.73 Å². The van der Waals surface area contributed by atoms with Gasteiger partial charge < -0.3 is 11.1 Å². The summed E-state index contributed by atoms with van der Waals surface area (Å²) >= 11 is 3.09. The maximum absolute atomic E-state index is 12.7. The molecule has 0 atom stereocenters. The van der Waals surface area contributed by atoms with Gasteiger partial charge >= 0.3 is 0 Å². The number of carbonyl (C=O) groups excluding carboxylic acids is 1. The Morgan fingerprint density at radius 2 is 2.23 bits per heavy atom. The van der Waals surface area contributed by atoms with Gasteiger partial charge in [0.15, 0.2) is 0 Å². The highest BCUT2D eigenvalue weighted by Gasteiger charge is 2.07. The molecule has 1 rings (SSSR count). The highest BCUT2D eigenvalue weighted by atomic mass is 79.9. The first-order valence-electron chi connectivity index (χ1n) is 3.53. The van der Waals surface area contributed by atoms with E-state index in [2.05, 4.69) is 21.2 Å². The summed E-state index contributed by atoms with van der Waals surface area (Å²) in [6.07, 6.45) is 0. The van der Waals surface area contributed by atoms with Gasteiger partial charge in [-0.15, -0.1) is 0 Å². The number of halogens is 2. The summed E-state index contributed by atoms with van der Waals surface area (Å²) < 4.78 is 13.2. The number of nitrogens with two attached hydrogens (primary N) is 1. The summed E-state index contributed by atoms with van der Waals surface area (Å²) in [7, 11) is 0. The van der Waals surface area contributed by atoms with Gasteiger partial charge in [-0.1, -0.05) is 0 Å². The fraction of sp³-hybridized carbons (Fsp3) is 0.125. The van der Waals surface area contributed by atoms with E-state index in [1.165, 1.54) is 13.0 Å². The van der Waals surface area contributed by atoms with Gasteiger partial charge in [0.25, 0.3) is 0 Å². The predicted molar refractivity (Wildman–Crippen MR) is 52.8 cm³/mol. The van der Waals surface area contributed by atoms with Crippen LogP contribution in [0.4, 0.5) is 15.8 Å². The molecule has 0 aliphatic rings. The SMILES string of the molecule is CC(=O)Nc1c(N)cc(F)cc1Br. The van der Waals surface area contributed by atoms with E-state index in [9.17, 15) is 9.18 Å². The maximum Gasteiger partial charge on any atom is 0.221 e. The van der Waals surface area contributed by atoms with Gasteiger partial charge in [-0.3, -0.25) is 4.79 Å². The molecule has 0 unspecified atom stereocenters. The van der Waals surface area contributed by atoms with E-state index in [0.717, 1.165) is 6.07 Å². The molecule has 0 spiro atoms. The molecule has 0 fully saturated rings. The molecule has 70 valence electrons. The van der Waals surface area contributed by atoms with E-state index in [-0.39, 0.29) is 11.6 Å². The van der Waals surface area contributed by atoms with Crippen molar-refractivity contribution in [1.82, 2.24) is 0 Å². The second-order valence-electron chi connectivity index (χ2n) is 2.53. The van der Waals surface area contributed by atoms with Crippen LogP contribution in [-0.2, 0) is 4.79 Å². The molecule has 5 heteroatoms. The summed E-state index contributed by atoms with van der Waals surface area (Å²) in [5.74, 6) is -0.697. The van der Waals surface area contributed by atoms with Crippen LogP contribution in [0.15, 0.2) is 16.6 Å². The highest BCUT2D eigenvalue weighted by Crippen LogP contribution is 2.29. The zero-order valence-electron chi connectivity index (χ0n) is 6.90. The molecule has 1 amide bonds. The van der Waals surface area contributed by atoms with Crippen LogP contribution in [0.5, 0.6) is 0 Å². The van der Waals surface area contributed by atoms with Crippen LogP contribution in [0.3, 0.4) is 0 Å². The standard InChI is InChI=1S/C8H8BrFN2O/c1-4(13)12-8-6(9)2-5(10)3-7(8)11/h2-3H,11H2,1H3,(H,12,13). The minimum atomic E-state index is -0.446. The van der Waals surface area contributed by atoms with Crippen LogP contribution in [0.2, 0.25) is 0 Å². The number of nitrogen functional groups attached to an aromatic ring is 1. The molecular weight excluding hydrogens is 239 g/mol. The highest BCUT2D eigenvalue weighted by molar-refractivity contribution is 9.10. The molecule has 0 radical (unpaired) electrons. The minimum Gasteiger partial charge on any atom is -0.397 e. The molecule has 3 N–H and O–H groups in total. The summed E-state index contributed by atoms with van der Waals surface area (Å²) in [5.41, 5.74) is 6.08. The summed E-state index contributed by atoms with van der Waals surface area (Å²) in [5, 5.41) is 2.49. The number of nitrogens with one attached hydrogen (secondary N) is 1. The van der Waals surface area contributed by atoms with Crippen LogP contribution in [-0.4, -0.2) is 5.91 Å². The van der Waals surface area contributed by atoms with E-state index in [0.29, 0.717) is 10.2 Å². The van der Waals surface area contributed by atoms with E-state index in [1.807, 2.05) is 0 Å². The van der Waals surface area contributed by atoms with Gasteiger partial charge in [0.2, 0.25) is 5.91 Å². The third kappa shape index (κ3) is 2.42. The molecule has 3 nitrogen and oxygen atoms in total. The molecule has 0 aliphatic carbocycles. The Bertz CT molecular complexity index is 331. The van der Waals surface area contributed by atoms with Crippen molar-refractivity contribution in [3.8, 4) is 0 Å². The molecule has 0 heterocycles. The zero-order valence-corrected chi connectivity index (χ0v) is 8.48. The minimum absolute atomic E-state index is 0.196. The second kappa shape index (κ2) is 3.74. The van der Waals surface area contributed by atoms with Crippen LogP contribution in [0.1, 0.15) is 6.92 Å². The lowest BCUT2D eigenvalue weighted by molar-refractivity contribution is -0.114. The van der Waals surface area contributed by atoms with Crippen molar-refractivity contribution in [2.75, 3.05) is 11.1 Å². The van der Waals surface area contributed by atoms with Gasteiger partial charge in [-0.25, -0.2) is 4.39 Å². The maximum atomic E-state index is 12.7. The van der Waals surface area contributed by atoms with Gasteiger partial charge in [-0.2, -0.15) is 0 Å². The van der Waals surface area contributed by atoms with Crippen molar-refractivity contribution in [1.29, 1.82) is 0 Å². The molecule has 0 bridgehead atoms.